The van der Waals surface area contributed by atoms with Gasteiger partial charge in [0, 0.05) is 28.4 Å². The lowest BCUT2D eigenvalue weighted by atomic mass is 10.2. The van der Waals surface area contributed by atoms with E-state index in [1.54, 1.807) is 30.2 Å². The second-order valence-corrected chi connectivity index (χ2v) is 6.99. The molecule has 0 saturated heterocycles. The summed E-state index contributed by atoms with van der Waals surface area (Å²) in [7, 11) is 1.81. The van der Waals surface area contributed by atoms with Crippen LogP contribution in [0.5, 0.6) is 0 Å². The molecule has 2 aromatic heterocycles. The van der Waals surface area contributed by atoms with E-state index in [1.165, 1.54) is 22.5 Å². The van der Waals surface area contributed by atoms with E-state index in [4.69, 9.17) is 0 Å². The number of halogens is 1. The summed E-state index contributed by atoms with van der Waals surface area (Å²) in [5.74, 6) is -0.418. The number of aromatic nitrogens is 4. The number of nitrogens with zero attached hydrogens (tertiary/aromatic N) is 4. The standard InChI is InChI=1S/C19H15FN4OS/c1-23-8-7-14(22-23)12-24-19(25)16-10-17(20)18(9-13(16)11-21-24)26-15-5-3-2-4-6-15/h2-11H,12H2,1H3. The van der Waals surface area contributed by atoms with Gasteiger partial charge in [-0.2, -0.15) is 10.2 Å². The lowest BCUT2D eigenvalue weighted by molar-refractivity contribution is 0.600. The molecule has 5 nitrogen and oxygen atoms in total. The van der Waals surface area contributed by atoms with Crippen molar-refractivity contribution in [3.8, 4) is 0 Å². The summed E-state index contributed by atoms with van der Waals surface area (Å²) in [5.41, 5.74) is 0.390. The molecule has 0 fully saturated rings. The van der Waals surface area contributed by atoms with E-state index in [-0.39, 0.29) is 12.1 Å². The summed E-state index contributed by atoms with van der Waals surface area (Å²) in [6.45, 7) is 0.248. The fourth-order valence-electron chi connectivity index (χ4n) is 2.69. The van der Waals surface area contributed by atoms with E-state index in [0.29, 0.717) is 15.7 Å². The van der Waals surface area contributed by atoms with E-state index < -0.39 is 5.82 Å². The first-order valence-electron chi connectivity index (χ1n) is 8.01. The fourth-order valence-corrected chi connectivity index (χ4v) is 3.58. The summed E-state index contributed by atoms with van der Waals surface area (Å²) in [6, 6.07) is 14.3. The predicted octanol–water partition coefficient (Wildman–Crippen LogP) is 3.47. The summed E-state index contributed by atoms with van der Waals surface area (Å²) in [6.07, 6.45) is 3.39. The first-order valence-corrected chi connectivity index (χ1v) is 8.82. The van der Waals surface area contributed by atoms with Gasteiger partial charge in [-0.15, -0.1) is 0 Å². The maximum atomic E-state index is 14.5. The molecule has 0 saturated carbocycles. The first kappa shape index (κ1) is 16.5. The molecule has 0 spiro atoms. The van der Waals surface area contributed by atoms with E-state index in [9.17, 15) is 9.18 Å². The van der Waals surface area contributed by atoms with Crippen LogP contribution in [0.15, 0.2) is 75.5 Å². The third kappa shape index (κ3) is 3.25. The van der Waals surface area contributed by atoms with Crippen molar-refractivity contribution in [3.63, 3.8) is 0 Å². The number of fused-ring (bicyclic) bond motifs is 1. The SMILES string of the molecule is Cn1ccc(Cn2ncc3cc(Sc4ccccc4)c(F)cc3c2=O)n1. The second-order valence-electron chi connectivity index (χ2n) is 5.87. The van der Waals surface area contributed by atoms with Crippen LogP contribution < -0.4 is 5.56 Å². The highest BCUT2D eigenvalue weighted by molar-refractivity contribution is 7.99. The molecule has 0 aliphatic heterocycles. The number of hydrogen-bond donors (Lipinski definition) is 0. The van der Waals surface area contributed by atoms with E-state index in [0.717, 1.165) is 10.6 Å². The van der Waals surface area contributed by atoms with Gasteiger partial charge in [0.2, 0.25) is 0 Å². The van der Waals surface area contributed by atoms with Crippen LogP contribution in [-0.2, 0) is 13.6 Å². The normalized spacial score (nSPS) is 11.2. The second kappa shape index (κ2) is 6.76. The largest absolute Gasteiger partial charge is 0.275 e. The van der Waals surface area contributed by atoms with Crippen molar-refractivity contribution in [1.29, 1.82) is 0 Å². The molecule has 0 aliphatic rings. The van der Waals surface area contributed by atoms with Crippen molar-refractivity contribution in [1.82, 2.24) is 19.6 Å². The lowest BCUT2D eigenvalue weighted by Crippen LogP contribution is -2.23. The van der Waals surface area contributed by atoms with Crippen molar-refractivity contribution in [3.05, 3.63) is 82.8 Å². The summed E-state index contributed by atoms with van der Waals surface area (Å²) in [4.78, 5) is 14.1. The topological polar surface area (TPSA) is 52.7 Å². The average Bonchev–Trinajstić information content (AvgIpc) is 3.05. The van der Waals surface area contributed by atoms with Gasteiger partial charge in [0.1, 0.15) is 5.82 Å². The zero-order chi connectivity index (χ0) is 18.1. The van der Waals surface area contributed by atoms with Gasteiger partial charge >= 0.3 is 0 Å². The summed E-state index contributed by atoms with van der Waals surface area (Å²) in [5, 5.41) is 9.39. The highest BCUT2D eigenvalue weighted by Gasteiger charge is 2.12. The monoisotopic (exact) mass is 366 g/mol. The molecule has 130 valence electrons. The van der Waals surface area contributed by atoms with Crippen LogP contribution >= 0.6 is 11.8 Å². The lowest BCUT2D eigenvalue weighted by Gasteiger charge is -2.08. The number of hydrogen-bond acceptors (Lipinski definition) is 4. The molecular formula is C19H15FN4OS. The first-order chi connectivity index (χ1) is 12.6. The number of aryl methyl sites for hydroxylation is 1. The summed E-state index contributed by atoms with van der Waals surface area (Å²) < 4.78 is 17.5. The molecule has 26 heavy (non-hydrogen) atoms. The highest BCUT2D eigenvalue weighted by atomic mass is 32.2. The molecule has 2 aromatic carbocycles. The molecule has 0 radical (unpaired) electrons. The third-order valence-electron chi connectivity index (χ3n) is 3.96. The van der Waals surface area contributed by atoms with Gasteiger partial charge in [0.25, 0.3) is 5.56 Å². The number of rotatable bonds is 4. The predicted molar refractivity (Wildman–Crippen MR) is 98.8 cm³/mol. The Morgan fingerprint density at radius 1 is 1.15 bits per heavy atom. The Morgan fingerprint density at radius 2 is 1.96 bits per heavy atom. The molecule has 4 aromatic rings. The Kier molecular flexibility index (Phi) is 4.30. The molecule has 0 amide bonds. The van der Waals surface area contributed by atoms with Crippen molar-refractivity contribution in [2.45, 2.75) is 16.3 Å². The van der Waals surface area contributed by atoms with Crippen LogP contribution in [-0.4, -0.2) is 19.6 Å². The zero-order valence-corrected chi connectivity index (χ0v) is 14.8. The molecule has 7 heteroatoms. The van der Waals surface area contributed by atoms with E-state index in [2.05, 4.69) is 10.2 Å². The Balaban J connectivity index is 1.71. The Labute approximate surface area is 153 Å². The maximum Gasteiger partial charge on any atom is 0.275 e. The molecule has 4 rings (SSSR count). The Hall–Kier alpha value is -2.93. The minimum Gasteiger partial charge on any atom is -0.275 e. The smallest absolute Gasteiger partial charge is 0.275 e. The van der Waals surface area contributed by atoms with Crippen LogP contribution in [0.25, 0.3) is 10.8 Å². The van der Waals surface area contributed by atoms with Gasteiger partial charge in [-0.1, -0.05) is 30.0 Å². The van der Waals surface area contributed by atoms with Gasteiger partial charge < -0.3 is 0 Å². The summed E-state index contributed by atoms with van der Waals surface area (Å²) >= 11 is 1.32. The molecule has 0 aliphatic carbocycles. The van der Waals surface area contributed by atoms with Gasteiger partial charge in [-0.05, 0) is 30.3 Å². The van der Waals surface area contributed by atoms with Crippen LogP contribution in [0.3, 0.4) is 0 Å². The molecular weight excluding hydrogens is 351 g/mol. The minimum absolute atomic E-state index is 0.248. The van der Waals surface area contributed by atoms with Crippen LogP contribution in [0.2, 0.25) is 0 Å². The molecule has 0 atom stereocenters. The van der Waals surface area contributed by atoms with E-state index in [1.807, 2.05) is 36.4 Å². The van der Waals surface area contributed by atoms with Crippen molar-refractivity contribution in [2.24, 2.45) is 7.05 Å². The minimum atomic E-state index is -0.418. The number of benzene rings is 2. The molecule has 0 unspecified atom stereocenters. The van der Waals surface area contributed by atoms with Crippen molar-refractivity contribution < 1.29 is 4.39 Å². The van der Waals surface area contributed by atoms with E-state index >= 15 is 0 Å². The van der Waals surface area contributed by atoms with Gasteiger partial charge in [0.15, 0.2) is 0 Å². The fraction of sp³-hybridized carbons (Fsp3) is 0.105. The van der Waals surface area contributed by atoms with Gasteiger partial charge in [-0.25, -0.2) is 9.07 Å². The molecule has 0 bridgehead atoms. The van der Waals surface area contributed by atoms with Gasteiger partial charge in [0.05, 0.1) is 23.8 Å². The highest BCUT2D eigenvalue weighted by Crippen LogP contribution is 2.31. The van der Waals surface area contributed by atoms with Gasteiger partial charge in [-0.3, -0.25) is 9.48 Å². The van der Waals surface area contributed by atoms with Crippen LogP contribution in [0, 0.1) is 5.82 Å². The Bertz CT molecular complexity index is 1140. The van der Waals surface area contributed by atoms with Crippen LogP contribution in [0.1, 0.15) is 5.69 Å². The molecule has 2 heterocycles. The van der Waals surface area contributed by atoms with Crippen molar-refractivity contribution >= 4 is 22.5 Å². The maximum absolute atomic E-state index is 14.5. The third-order valence-corrected chi connectivity index (χ3v) is 5.00. The molecule has 0 N–H and O–H groups in total. The Morgan fingerprint density at radius 3 is 2.69 bits per heavy atom. The zero-order valence-electron chi connectivity index (χ0n) is 14.0. The quantitative estimate of drug-likeness (QED) is 0.555. The van der Waals surface area contributed by atoms with Crippen LogP contribution in [0.4, 0.5) is 4.39 Å². The average molecular weight is 366 g/mol. The van der Waals surface area contributed by atoms with Crippen molar-refractivity contribution in [2.75, 3.05) is 0 Å².